The normalized spacial score (nSPS) is 13.1. The minimum absolute atomic E-state index is 0.122. The van der Waals surface area contributed by atoms with Gasteiger partial charge < -0.3 is 5.32 Å². The molecule has 21 heavy (non-hydrogen) atoms. The molecule has 1 aromatic heterocycles. The number of hydrogen-bond donors (Lipinski definition) is 1. The van der Waals surface area contributed by atoms with Crippen LogP contribution in [0.5, 0.6) is 0 Å². The van der Waals surface area contributed by atoms with Gasteiger partial charge in [-0.25, -0.2) is 13.1 Å². The summed E-state index contributed by atoms with van der Waals surface area (Å²) in [6.07, 6.45) is 1.53. The molecule has 2 aromatic rings. The van der Waals surface area contributed by atoms with Crippen molar-refractivity contribution in [2.75, 3.05) is 16.8 Å². The third kappa shape index (κ3) is 4.01. The van der Waals surface area contributed by atoms with Crippen LogP contribution in [0.2, 0.25) is 0 Å². The fourth-order valence-electron chi connectivity index (χ4n) is 2.10. The number of nitrogens with zero attached hydrogens (tertiary/aromatic N) is 4. The molecule has 1 unspecified atom stereocenters. The van der Waals surface area contributed by atoms with Gasteiger partial charge in [0.25, 0.3) is 0 Å². The highest BCUT2D eigenvalue weighted by Gasteiger charge is 2.14. The van der Waals surface area contributed by atoms with Crippen molar-refractivity contribution < 1.29 is 8.42 Å². The number of sulfone groups is 1. The van der Waals surface area contributed by atoms with Gasteiger partial charge in [-0.2, -0.15) is 0 Å². The quantitative estimate of drug-likeness (QED) is 0.862. The second-order valence-corrected chi connectivity index (χ2v) is 7.40. The third-order valence-electron chi connectivity index (χ3n) is 3.15. The smallest absolute Gasteiger partial charge is 0.152 e. The Bertz CT molecular complexity index is 697. The van der Waals surface area contributed by atoms with Crippen LogP contribution in [0.4, 0.5) is 5.69 Å². The molecule has 0 bridgehead atoms. The van der Waals surface area contributed by atoms with E-state index in [4.69, 9.17) is 0 Å². The van der Waals surface area contributed by atoms with Crippen LogP contribution in [-0.4, -0.2) is 46.2 Å². The van der Waals surface area contributed by atoms with Gasteiger partial charge in [0.05, 0.1) is 11.4 Å². The Labute approximate surface area is 124 Å². The maximum Gasteiger partial charge on any atom is 0.152 e. The summed E-state index contributed by atoms with van der Waals surface area (Å²) in [4.78, 5) is 0. The maximum atomic E-state index is 11.6. The summed E-state index contributed by atoms with van der Waals surface area (Å²) in [5.41, 5.74) is 2.76. The molecule has 0 fully saturated rings. The SMILES string of the molecule is CCS(=O)(=O)CC(C)Nc1ccc(-n2cnnn2)c(C)c1. The molecule has 8 heteroatoms. The zero-order valence-electron chi connectivity index (χ0n) is 12.3. The molecule has 2 rings (SSSR count). The molecule has 0 amide bonds. The van der Waals surface area contributed by atoms with Crippen molar-refractivity contribution in [3.8, 4) is 5.69 Å². The fraction of sp³-hybridized carbons (Fsp3) is 0.462. The lowest BCUT2D eigenvalue weighted by Crippen LogP contribution is -2.26. The number of nitrogens with one attached hydrogen (secondary N) is 1. The van der Waals surface area contributed by atoms with E-state index in [2.05, 4.69) is 20.8 Å². The number of benzene rings is 1. The fourth-order valence-corrected chi connectivity index (χ4v) is 3.18. The highest BCUT2D eigenvalue weighted by Crippen LogP contribution is 2.18. The zero-order valence-corrected chi connectivity index (χ0v) is 13.1. The summed E-state index contributed by atoms with van der Waals surface area (Å²) in [5.74, 6) is 0.285. The number of rotatable bonds is 6. The Morgan fingerprint density at radius 3 is 2.71 bits per heavy atom. The standard InChI is InChI=1S/C13H19N5O2S/c1-4-21(19,20)8-11(3)15-12-5-6-13(10(2)7-12)18-9-14-16-17-18/h5-7,9,11,15H,4,8H2,1-3H3. The molecular formula is C13H19N5O2S. The van der Waals surface area contributed by atoms with E-state index in [0.717, 1.165) is 16.9 Å². The molecule has 0 aliphatic carbocycles. The first-order chi connectivity index (χ1) is 9.91. The Morgan fingerprint density at radius 1 is 1.38 bits per heavy atom. The number of aromatic nitrogens is 4. The van der Waals surface area contributed by atoms with Crippen LogP contribution in [0, 0.1) is 6.92 Å². The maximum absolute atomic E-state index is 11.6. The van der Waals surface area contributed by atoms with Crippen LogP contribution >= 0.6 is 0 Å². The summed E-state index contributed by atoms with van der Waals surface area (Å²) in [6.45, 7) is 5.47. The number of anilines is 1. The number of tetrazole rings is 1. The lowest BCUT2D eigenvalue weighted by atomic mass is 10.1. The molecule has 114 valence electrons. The molecule has 0 saturated heterocycles. The van der Waals surface area contributed by atoms with Crippen molar-refractivity contribution in [2.45, 2.75) is 26.8 Å². The van der Waals surface area contributed by atoms with Crippen LogP contribution in [0.15, 0.2) is 24.5 Å². The van der Waals surface area contributed by atoms with Gasteiger partial charge in [-0.15, -0.1) is 5.10 Å². The molecule has 0 spiro atoms. The molecule has 7 nitrogen and oxygen atoms in total. The van der Waals surface area contributed by atoms with E-state index in [1.54, 1.807) is 11.6 Å². The predicted octanol–water partition coefficient (Wildman–Crippen LogP) is 1.21. The lowest BCUT2D eigenvalue weighted by Gasteiger charge is -2.16. The summed E-state index contributed by atoms with van der Waals surface area (Å²) in [7, 11) is -2.99. The number of aryl methyl sites for hydroxylation is 1. The van der Waals surface area contributed by atoms with Gasteiger partial charge in [0.15, 0.2) is 9.84 Å². The molecule has 0 aliphatic heterocycles. The van der Waals surface area contributed by atoms with Gasteiger partial charge in [0.1, 0.15) is 6.33 Å². The van der Waals surface area contributed by atoms with Gasteiger partial charge in [-0.05, 0) is 48.0 Å². The summed E-state index contributed by atoms with van der Waals surface area (Å²) in [5, 5.41) is 14.3. The zero-order chi connectivity index (χ0) is 15.5. The number of hydrogen-bond acceptors (Lipinski definition) is 6. The average Bonchev–Trinajstić information content (AvgIpc) is 2.92. The first-order valence-corrected chi connectivity index (χ1v) is 8.54. The van der Waals surface area contributed by atoms with Crippen molar-refractivity contribution in [3.63, 3.8) is 0 Å². The van der Waals surface area contributed by atoms with Gasteiger partial charge in [-0.3, -0.25) is 0 Å². The van der Waals surface area contributed by atoms with Crippen LogP contribution in [0.25, 0.3) is 5.69 Å². The molecule has 1 N–H and O–H groups in total. The van der Waals surface area contributed by atoms with Crippen molar-refractivity contribution in [3.05, 3.63) is 30.1 Å². The molecule has 0 aliphatic rings. The Balaban J connectivity index is 2.10. The van der Waals surface area contributed by atoms with Gasteiger partial charge >= 0.3 is 0 Å². The van der Waals surface area contributed by atoms with Crippen LogP contribution in [0.3, 0.4) is 0 Å². The monoisotopic (exact) mass is 309 g/mol. The summed E-state index contributed by atoms with van der Waals surface area (Å²) >= 11 is 0. The molecule has 1 heterocycles. The van der Waals surface area contributed by atoms with Crippen molar-refractivity contribution >= 4 is 15.5 Å². The third-order valence-corrected chi connectivity index (χ3v) is 5.04. The molecular weight excluding hydrogens is 290 g/mol. The Hall–Kier alpha value is -1.96. The van der Waals surface area contributed by atoms with Crippen LogP contribution in [0.1, 0.15) is 19.4 Å². The Kier molecular flexibility index (Phi) is 4.56. The van der Waals surface area contributed by atoms with Crippen molar-refractivity contribution in [1.29, 1.82) is 0 Å². The van der Waals surface area contributed by atoms with Gasteiger partial charge in [-0.1, -0.05) is 6.92 Å². The molecule has 1 aromatic carbocycles. The van der Waals surface area contributed by atoms with E-state index in [1.165, 1.54) is 6.33 Å². The summed E-state index contributed by atoms with van der Waals surface area (Å²) < 4.78 is 24.8. The summed E-state index contributed by atoms with van der Waals surface area (Å²) in [6, 6.07) is 5.59. The van der Waals surface area contributed by atoms with E-state index in [-0.39, 0.29) is 17.5 Å². The van der Waals surface area contributed by atoms with E-state index >= 15 is 0 Å². The van der Waals surface area contributed by atoms with E-state index in [0.29, 0.717) is 0 Å². The van der Waals surface area contributed by atoms with E-state index in [9.17, 15) is 8.42 Å². The minimum atomic E-state index is -2.99. The van der Waals surface area contributed by atoms with E-state index in [1.807, 2.05) is 32.0 Å². The van der Waals surface area contributed by atoms with E-state index < -0.39 is 9.84 Å². The predicted molar refractivity (Wildman–Crippen MR) is 81.3 cm³/mol. The Morgan fingerprint density at radius 2 is 2.14 bits per heavy atom. The highest BCUT2D eigenvalue weighted by molar-refractivity contribution is 7.91. The largest absolute Gasteiger partial charge is 0.382 e. The second-order valence-electron chi connectivity index (χ2n) is 5.00. The van der Waals surface area contributed by atoms with Crippen LogP contribution in [-0.2, 0) is 9.84 Å². The molecule has 0 radical (unpaired) electrons. The first kappa shape index (κ1) is 15.4. The second kappa shape index (κ2) is 6.21. The molecule has 0 saturated carbocycles. The van der Waals surface area contributed by atoms with Gasteiger partial charge in [0, 0.05) is 17.5 Å². The minimum Gasteiger partial charge on any atom is -0.382 e. The van der Waals surface area contributed by atoms with Crippen molar-refractivity contribution in [1.82, 2.24) is 20.2 Å². The average molecular weight is 309 g/mol. The van der Waals surface area contributed by atoms with Gasteiger partial charge in [0.2, 0.25) is 0 Å². The first-order valence-electron chi connectivity index (χ1n) is 6.72. The van der Waals surface area contributed by atoms with Crippen LogP contribution < -0.4 is 5.32 Å². The highest BCUT2D eigenvalue weighted by atomic mass is 32.2. The molecule has 1 atom stereocenters. The van der Waals surface area contributed by atoms with Crippen molar-refractivity contribution in [2.24, 2.45) is 0 Å². The topological polar surface area (TPSA) is 89.8 Å². The lowest BCUT2D eigenvalue weighted by molar-refractivity contribution is 0.593.